The smallest absolute Gasteiger partial charge is 0.0267 e. The van der Waals surface area contributed by atoms with Crippen molar-refractivity contribution in [3.05, 3.63) is 113 Å². The number of anilines is 1. The molecule has 2 heterocycles. The summed E-state index contributed by atoms with van der Waals surface area (Å²) in [5, 5.41) is 10.8. The van der Waals surface area contributed by atoms with Crippen LogP contribution in [0.5, 0.6) is 0 Å². The first-order valence-corrected chi connectivity index (χ1v) is 14.2. The van der Waals surface area contributed by atoms with E-state index in [2.05, 4.69) is 9.97 Å². The van der Waals surface area contributed by atoms with Gasteiger partial charge < -0.3 is 0 Å². The maximum atomic E-state index is 14.2. The van der Waals surface area contributed by atoms with Crippen LogP contribution in [-0.4, -0.2) is 47.8 Å². The third-order valence-electron chi connectivity index (χ3n) is 4.66. The van der Waals surface area contributed by atoms with E-state index >= 15 is 0 Å². The Morgan fingerprint density at radius 3 is 2.00 bits per heavy atom. The molecule has 0 atom stereocenters. The van der Waals surface area contributed by atoms with Crippen LogP contribution in [0, 0.1) is 10.1 Å². The molecule has 4 rings (SSSR count). The fourth-order valence-electron chi connectivity index (χ4n) is 2.95. The summed E-state index contributed by atoms with van der Waals surface area (Å²) in [6, 6.07) is 16.3. The van der Waals surface area contributed by atoms with Gasteiger partial charge in [-0.25, -0.2) is 0 Å². The van der Waals surface area contributed by atoms with Crippen molar-refractivity contribution in [2.24, 2.45) is 0 Å². The Labute approximate surface area is 221 Å². The van der Waals surface area contributed by atoms with Crippen molar-refractivity contribution in [1.29, 1.82) is 0 Å². The van der Waals surface area contributed by atoms with Crippen LogP contribution in [0.2, 0.25) is 0 Å². The normalized spacial score (nSPS) is 11.2. The maximum absolute atomic E-state index is 14.2. The molecular formula is C23H16F4N4O4PoS. The fourth-order valence-corrected chi connectivity index (χ4v) is 6.85. The number of non-ortho nitro benzene ring substituents is 1. The number of halogens is 4. The van der Waals surface area contributed by atoms with Gasteiger partial charge in [0.2, 0.25) is 0 Å². The van der Waals surface area contributed by atoms with Crippen molar-refractivity contribution in [2.75, 3.05) is 2.20 Å². The van der Waals surface area contributed by atoms with Crippen LogP contribution in [0.1, 0.15) is 5.56 Å². The monoisotopic (exact) mass is 729 g/mol. The Bertz CT molecular complexity index is 1420. The molecule has 192 valence electrons. The molecule has 0 unspecified atom stereocenters. The van der Waals surface area contributed by atoms with Gasteiger partial charge in [-0.2, -0.15) is 0 Å². The summed E-state index contributed by atoms with van der Waals surface area (Å²) in [5.41, 5.74) is -1.89. The van der Waals surface area contributed by atoms with Gasteiger partial charge in [0, 0.05) is 12.4 Å². The molecule has 0 amide bonds. The standard InChI is InChI=1S/C18H11F3N3O4S.C5H5N.FH.Po/c19-18(20,21)12-4-9-15(16-3-1-2-10-22-16)17(11-12)23-29(27,28)14-7-5-13(6-8-14)24(25)26;1-2-4-6-5-3-1;;/h1-11H;1-5H;1H;/q-1;;;+2/p-1. The largest absolute Gasteiger partial charge is 0.265 e. The van der Waals surface area contributed by atoms with Crippen LogP contribution in [0.15, 0.2) is 102 Å². The number of hydrogen-bond donors (Lipinski definition) is 0. The molecule has 0 radical (unpaired) electrons. The summed E-state index contributed by atoms with van der Waals surface area (Å²) in [5.74, 6) is 0. The van der Waals surface area contributed by atoms with E-state index in [9.17, 15) is 34.3 Å². The third kappa shape index (κ3) is 7.05. The molecule has 0 aliphatic carbocycles. The summed E-state index contributed by atoms with van der Waals surface area (Å²) in [7, 11) is -4.62. The summed E-state index contributed by atoms with van der Waals surface area (Å²) in [4.78, 5) is 17.4. The molecule has 4 aromatic rings. The Morgan fingerprint density at radius 2 is 1.54 bits per heavy atom. The summed E-state index contributed by atoms with van der Waals surface area (Å²) >= 11 is -3.40. The van der Waals surface area contributed by atoms with E-state index < -0.39 is 67.4 Å². The zero-order valence-corrected chi connectivity index (χ0v) is 22.5. The Hall–Kier alpha value is -3.49. The summed E-state index contributed by atoms with van der Waals surface area (Å²) < 4.78 is 80.4. The molecule has 8 nitrogen and oxygen atoms in total. The number of nitro benzene ring substituents is 1. The van der Waals surface area contributed by atoms with E-state index in [1.807, 2.05) is 18.2 Å². The van der Waals surface area contributed by atoms with Gasteiger partial charge in [0.1, 0.15) is 0 Å². The van der Waals surface area contributed by atoms with Gasteiger partial charge in [0.05, 0.1) is 0 Å². The van der Waals surface area contributed by atoms with Crippen molar-refractivity contribution in [3.8, 4) is 11.3 Å². The molecule has 0 saturated heterocycles. The minimum atomic E-state index is -4.79. The average Bonchev–Trinajstić information content (AvgIpc) is 2.90. The molecule has 0 saturated carbocycles. The number of pyridine rings is 2. The second-order valence-corrected chi connectivity index (χ2v) is 11.8. The zero-order valence-electron chi connectivity index (χ0n) is 18.5. The van der Waals surface area contributed by atoms with E-state index in [4.69, 9.17) is 0 Å². The summed E-state index contributed by atoms with van der Waals surface area (Å²) in [6.45, 7) is 0. The zero-order chi connectivity index (χ0) is 27.1. The van der Waals surface area contributed by atoms with E-state index in [0.717, 1.165) is 36.4 Å². The van der Waals surface area contributed by atoms with Crippen LogP contribution < -0.4 is 2.20 Å². The van der Waals surface area contributed by atoms with E-state index in [0.29, 0.717) is 8.27 Å². The van der Waals surface area contributed by atoms with Gasteiger partial charge in [-0.05, 0) is 12.1 Å². The average molecular weight is 729 g/mol. The van der Waals surface area contributed by atoms with Crippen molar-refractivity contribution in [1.82, 2.24) is 9.97 Å². The van der Waals surface area contributed by atoms with Crippen LogP contribution in [0.25, 0.3) is 11.3 Å². The predicted octanol–water partition coefficient (Wildman–Crippen LogP) is 5.46. The molecule has 37 heavy (non-hydrogen) atoms. The van der Waals surface area contributed by atoms with E-state index in [-0.39, 0.29) is 11.3 Å². The predicted molar refractivity (Wildman–Crippen MR) is 129 cm³/mol. The Balaban J connectivity index is 0.000000555. The molecule has 0 spiro atoms. The van der Waals surface area contributed by atoms with Gasteiger partial charge in [0.15, 0.2) is 0 Å². The Morgan fingerprint density at radius 1 is 0.892 bits per heavy atom. The molecule has 2 aromatic heterocycles. The Kier molecular flexibility index (Phi) is 9.23. The quantitative estimate of drug-likeness (QED) is 0.149. The first kappa shape index (κ1) is 28.1. The number of benzene rings is 2. The molecule has 0 bridgehead atoms. The second-order valence-electron chi connectivity index (χ2n) is 7.02. The number of rotatable bonds is 6. The number of alkyl halides is 3. The molecule has 2 aromatic carbocycles. The van der Waals surface area contributed by atoms with Crippen molar-refractivity contribution < 1.29 is 29.1 Å². The van der Waals surface area contributed by atoms with Crippen LogP contribution >= 0.6 is 0 Å². The van der Waals surface area contributed by atoms with Gasteiger partial charge >= 0.3 is 187 Å². The van der Waals surface area contributed by atoms with Gasteiger partial charge in [-0.1, -0.05) is 6.07 Å². The van der Waals surface area contributed by atoms with Crippen molar-refractivity contribution in [3.63, 3.8) is 0 Å². The first-order chi connectivity index (χ1) is 17.6. The minimum Gasteiger partial charge on any atom is -0.265 e. The van der Waals surface area contributed by atoms with Crippen molar-refractivity contribution >= 4 is 45.9 Å². The first-order valence-electron chi connectivity index (χ1n) is 10.1. The SMILES string of the molecule is O=[N+]([O-])c1ccc(S(=O)(=O)[N]([Po][F])c2cc(C(F)(F)F)ccc2-c2ccccn2)cc1.c1ccncc1. The van der Waals surface area contributed by atoms with Gasteiger partial charge in [-0.3, -0.25) is 4.98 Å². The number of hydrogen-bond acceptors (Lipinski definition) is 6. The van der Waals surface area contributed by atoms with Gasteiger partial charge in [0.25, 0.3) is 0 Å². The van der Waals surface area contributed by atoms with Crippen LogP contribution in [0.3, 0.4) is 0 Å². The second kappa shape index (κ2) is 12.2. The van der Waals surface area contributed by atoms with E-state index in [1.165, 1.54) is 12.3 Å². The molecule has 0 N–H and O–H groups in total. The number of aromatic nitrogens is 2. The maximum Gasteiger partial charge on any atom is 0.0267 e. The van der Waals surface area contributed by atoms with Crippen molar-refractivity contribution in [2.45, 2.75) is 11.1 Å². The molecule has 0 aliphatic rings. The van der Waals surface area contributed by atoms with Gasteiger partial charge in [-0.15, -0.1) is 0 Å². The number of nitro groups is 1. The molecule has 0 fully saturated rings. The molecule has 14 heteroatoms. The summed E-state index contributed by atoms with van der Waals surface area (Å²) in [6.07, 6.45) is 0.0717. The minimum absolute atomic E-state index is 0.00302. The fraction of sp³-hybridized carbons (Fsp3) is 0.0435. The topological polar surface area (TPSA) is 106 Å². The molecule has 0 aliphatic heterocycles. The third-order valence-corrected chi connectivity index (χ3v) is 10.2. The van der Waals surface area contributed by atoms with Crippen LogP contribution in [0.4, 0.5) is 27.1 Å². The van der Waals surface area contributed by atoms with Crippen LogP contribution in [-0.2, 0) is 16.2 Å². The van der Waals surface area contributed by atoms with E-state index in [1.54, 1.807) is 24.5 Å². The number of sulfonamides is 1. The number of nitrogens with zero attached hydrogens (tertiary/aromatic N) is 4. The molecular weight excluding hydrogens is 713 g/mol.